The summed E-state index contributed by atoms with van der Waals surface area (Å²) in [5.41, 5.74) is 0.137. The first-order valence-electron chi connectivity index (χ1n) is 10.1. The van der Waals surface area contributed by atoms with Gasteiger partial charge >= 0.3 is 6.09 Å². The summed E-state index contributed by atoms with van der Waals surface area (Å²) in [7, 11) is 0. The van der Waals surface area contributed by atoms with Crippen molar-refractivity contribution in [2.24, 2.45) is 0 Å². The third kappa shape index (κ3) is 5.16. The number of likely N-dealkylation sites (tertiary alicyclic amines) is 1. The van der Waals surface area contributed by atoms with Crippen LogP contribution in [0.25, 0.3) is 0 Å². The molecule has 0 N–H and O–H groups in total. The first-order valence-corrected chi connectivity index (χ1v) is 10.1. The molecule has 2 heterocycles. The van der Waals surface area contributed by atoms with E-state index in [9.17, 15) is 23.7 Å². The van der Waals surface area contributed by atoms with E-state index in [0.717, 1.165) is 10.6 Å². The minimum Gasteiger partial charge on any atom is -0.444 e. The van der Waals surface area contributed by atoms with Crippen LogP contribution in [0.3, 0.4) is 0 Å². The van der Waals surface area contributed by atoms with Crippen LogP contribution in [-0.2, 0) is 4.74 Å². The van der Waals surface area contributed by atoms with Crippen LogP contribution in [0.1, 0.15) is 27.2 Å². The lowest BCUT2D eigenvalue weighted by Crippen LogP contribution is -2.62. The number of ether oxygens (including phenoxy) is 1. The molecule has 166 valence electrons. The maximum atomic E-state index is 14.9. The monoisotopic (exact) mass is 426 g/mol. The second kappa shape index (κ2) is 8.33. The van der Waals surface area contributed by atoms with Crippen molar-refractivity contribution in [3.8, 4) is 0 Å². The van der Waals surface area contributed by atoms with E-state index in [4.69, 9.17) is 4.74 Å². The summed E-state index contributed by atoms with van der Waals surface area (Å²) in [4.78, 5) is 27.4. The molecule has 0 bridgehead atoms. The highest BCUT2D eigenvalue weighted by Crippen LogP contribution is 2.33. The number of non-ortho nitro benzene ring substituents is 1. The Bertz CT molecular complexity index is 774. The van der Waals surface area contributed by atoms with Crippen LogP contribution in [0.4, 0.5) is 25.0 Å². The van der Waals surface area contributed by atoms with Gasteiger partial charge in [-0.05, 0) is 39.3 Å². The number of hydrogen-bond donors (Lipinski definition) is 0. The maximum absolute atomic E-state index is 14.9. The number of rotatable bonds is 3. The average Bonchev–Trinajstić information content (AvgIpc) is 2.66. The number of nitro benzene ring substituents is 1. The third-order valence-electron chi connectivity index (χ3n) is 5.39. The van der Waals surface area contributed by atoms with Crippen molar-refractivity contribution in [3.05, 3.63) is 34.4 Å². The Hall–Kier alpha value is -2.49. The number of amides is 1. The number of hydrogen-bond acceptors (Lipinski definition) is 6. The summed E-state index contributed by atoms with van der Waals surface area (Å²) in [6, 6.07) is 5.34. The molecule has 1 aromatic rings. The molecule has 3 rings (SSSR count). The van der Waals surface area contributed by atoms with E-state index < -0.39 is 35.1 Å². The van der Waals surface area contributed by atoms with E-state index in [0.29, 0.717) is 26.2 Å². The van der Waals surface area contributed by atoms with Gasteiger partial charge in [0.15, 0.2) is 0 Å². The van der Waals surface area contributed by atoms with Crippen LogP contribution >= 0.6 is 0 Å². The lowest BCUT2D eigenvalue weighted by atomic mass is 9.98. The molecular formula is C20H28F2N4O4. The van der Waals surface area contributed by atoms with Gasteiger partial charge in [0.25, 0.3) is 11.6 Å². The molecule has 2 saturated heterocycles. The maximum Gasteiger partial charge on any atom is 0.410 e. The number of carbonyl (C=O) groups excluding carboxylic acids is 1. The Labute approximate surface area is 174 Å². The zero-order valence-corrected chi connectivity index (χ0v) is 17.5. The molecule has 30 heavy (non-hydrogen) atoms. The molecule has 0 spiro atoms. The van der Waals surface area contributed by atoms with E-state index >= 15 is 0 Å². The van der Waals surface area contributed by atoms with Crippen molar-refractivity contribution >= 4 is 17.5 Å². The van der Waals surface area contributed by atoms with Gasteiger partial charge < -0.3 is 14.5 Å². The molecule has 0 radical (unpaired) electrons. The number of piperidine rings is 1. The molecule has 1 amide bonds. The number of halogens is 2. The Kier molecular flexibility index (Phi) is 6.16. The lowest BCUT2D eigenvalue weighted by Gasteiger charge is -2.46. The van der Waals surface area contributed by atoms with Crippen LogP contribution < -0.4 is 4.90 Å². The van der Waals surface area contributed by atoms with Gasteiger partial charge in [-0.2, -0.15) is 0 Å². The lowest BCUT2D eigenvalue weighted by molar-refractivity contribution is -0.384. The molecule has 0 aliphatic carbocycles. The fraction of sp³-hybridized carbons (Fsp3) is 0.650. The zero-order valence-electron chi connectivity index (χ0n) is 17.5. The minimum atomic E-state index is -3.02. The number of alkyl halides is 2. The largest absolute Gasteiger partial charge is 0.444 e. The SMILES string of the molecule is CC(C)(C)OC(=O)N1CCC(N2CCN(c3ccc([N+](=O)[O-])cc3)CC2)C(F)(F)C1. The predicted octanol–water partition coefficient (Wildman–Crippen LogP) is 3.36. The minimum absolute atomic E-state index is 0.0220. The Balaban J connectivity index is 1.56. The Morgan fingerprint density at radius 1 is 1.13 bits per heavy atom. The van der Waals surface area contributed by atoms with E-state index in [-0.39, 0.29) is 18.7 Å². The quantitative estimate of drug-likeness (QED) is 0.545. The van der Waals surface area contributed by atoms with Gasteiger partial charge in [0, 0.05) is 50.5 Å². The van der Waals surface area contributed by atoms with Crippen molar-refractivity contribution in [1.29, 1.82) is 0 Å². The normalized spacial score (nSPS) is 22.6. The summed E-state index contributed by atoms with van der Waals surface area (Å²) in [6.07, 6.45) is -0.521. The average molecular weight is 426 g/mol. The number of anilines is 1. The fourth-order valence-corrected chi connectivity index (χ4v) is 3.94. The van der Waals surface area contributed by atoms with E-state index in [1.54, 1.807) is 37.8 Å². The van der Waals surface area contributed by atoms with E-state index in [1.807, 2.05) is 4.90 Å². The summed E-state index contributed by atoms with van der Waals surface area (Å²) in [5, 5.41) is 10.8. The van der Waals surface area contributed by atoms with Crippen LogP contribution in [0.5, 0.6) is 0 Å². The van der Waals surface area contributed by atoms with Gasteiger partial charge in [0.2, 0.25) is 0 Å². The number of piperazine rings is 1. The topological polar surface area (TPSA) is 79.2 Å². The summed E-state index contributed by atoms with van der Waals surface area (Å²) >= 11 is 0. The number of carbonyl (C=O) groups is 1. The fourth-order valence-electron chi connectivity index (χ4n) is 3.94. The van der Waals surface area contributed by atoms with Gasteiger partial charge in [-0.15, -0.1) is 0 Å². The highest BCUT2D eigenvalue weighted by molar-refractivity contribution is 5.68. The van der Waals surface area contributed by atoms with Crippen LogP contribution in [-0.4, -0.2) is 77.7 Å². The first-order chi connectivity index (χ1) is 14.0. The van der Waals surface area contributed by atoms with Crippen molar-refractivity contribution < 1.29 is 23.2 Å². The van der Waals surface area contributed by atoms with Crippen LogP contribution in [0.2, 0.25) is 0 Å². The summed E-state index contributed by atoms with van der Waals surface area (Å²) in [6.45, 7) is 6.75. The number of nitrogens with zero attached hydrogens (tertiary/aromatic N) is 4. The van der Waals surface area contributed by atoms with Gasteiger partial charge in [0.05, 0.1) is 17.5 Å². The van der Waals surface area contributed by atoms with Gasteiger partial charge in [-0.1, -0.05) is 0 Å². The molecule has 2 fully saturated rings. The van der Waals surface area contributed by atoms with Gasteiger partial charge in [-0.3, -0.25) is 15.0 Å². The predicted molar refractivity (Wildman–Crippen MR) is 108 cm³/mol. The number of nitro groups is 1. The molecule has 0 saturated carbocycles. The molecule has 1 unspecified atom stereocenters. The summed E-state index contributed by atoms with van der Waals surface area (Å²) < 4.78 is 35.0. The van der Waals surface area contributed by atoms with Crippen LogP contribution in [0.15, 0.2) is 24.3 Å². The molecule has 8 nitrogen and oxygen atoms in total. The van der Waals surface area contributed by atoms with Gasteiger partial charge in [0.1, 0.15) is 5.60 Å². The highest BCUT2D eigenvalue weighted by Gasteiger charge is 2.49. The van der Waals surface area contributed by atoms with E-state index in [2.05, 4.69) is 0 Å². The number of benzene rings is 1. The first kappa shape index (κ1) is 22.2. The second-order valence-electron chi connectivity index (χ2n) is 8.76. The summed E-state index contributed by atoms with van der Waals surface area (Å²) in [5.74, 6) is -3.02. The molecular weight excluding hydrogens is 398 g/mol. The Morgan fingerprint density at radius 3 is 2.23 bits per heavy atom. The Morgan fingerprint density at radius 2 is 1.73 bits per heavy atom. The van der Waals surface area contributed by atoms with E-state index in [1.165, 1.54) is 12.1 Å². The molecule has 0 aromatic heterocycles. The molecule has 1 atom stereocenters. The molecule has 10 heteroatoms. The molecule has 1 aromatic carbocycles. The molecule has 2 aliphatic heterocycles. The third-order valence-corrected chi connectivity index (χ3v) is 5.39. The smallest absolute Gasteiger partial charge is 0.410 e. The van der Waals surface area contributed by atoms with Crippen molar-refractivity contribution in [2.45, 2.75) is 44.8 Å². The highest BCUT2D eigenvalue weighted by atomic mass is 19.3. The van der Waals surface area contributed by atoms with Crippen LogP contribution in [0, 0.1) is 10.1 Å². The van der Waals surface area contributed by atoms with Crippen molar-refractivity contribution in [1.82, 2.24) is 9.80 Å². The second-order valence-corrected chi connectivity index (χ2v) is 8.76. The van der Waals surface area contributed by atoms with Gasteiger partial charge in [-0.25, -0.2) is 13.6 Å². The standard InChI is InChI=1S/C20H28F2N4O4/c1-19(2,3)30-18(27)25-9-8-17(20(21,22)14-25)24-12-10-23(11-13-24)15-4-6-16(7-5-15)26(28)29/h4-7,17H,8-14H2,1-3H3. The zero-order chi connectivity index (χ0) is 22.1. The van der Waals surface area contributed by atoms with Crippen molar-refractivity contribution in [2.75, 3.05) is 44.2 Å². The molecule has 2 aliphatic rings. The van der Waals surface area contributed by atoms with Crippen molar-refractivity contribution in [3.63, 3.8) is 0 Å².